The number of rotatable bonds is 5. The predicted octanol–water partition coefficient (Wildman–Crippen LogP) is 4.76. The van der Waals surface area contributed by atoms with Gasteiger partial charge in [-0.25, -0.2) is 4.79 Å². The van der Waals surface area contributed by atoms with E-state index >= 15 is 0 Å². The number of amidine groups is 1. The Morgan fingerprint density at radius 2 is 1.74 bits per heavy atom. The van der Waals surface area contributed by atoms with Crippen LogP contribution < -0.4 is 10.1 Å². The van der Waals surface area contributed by atoms with E-state index in [9.17, 15) is 13.2 Å². The van der Waals surface area contributed by atoms with Crippen molar-refractivity contribution in [2.24, 2.45) is 4.40 Å². The van der Waals surface area contributed by atoms with Crippen LogP contribution in [0.1, 0.15) is 46.3 Å². The van der Waals surface area contributed by atoms with Crippen molar-refractivity contribution in [3.05, 3.63) is 89.0 Å². The molecule has 8 heteroatoms. The number of hydrogen-bond donors (Lipinski definition) is 1. The largest absolute Gasteiger partial charge is 0.423 e. The summed E-state index contributed by atoms with van der Waals surface area (Å²) in [5.74, 6) is 0.368. The van der Waals surface area contributed by atoms with E-state index in [2.05, 4.69) is 14.6 Å². The second-order valence-electron chi connectivity index (χ2n) is 8.95. The lowest BCUT2D eigenvalue weighted by molar-refractivity contribution is 0.0731. The number of fused-ring (bicyclic) bond motifs is 1. The number of anilines is 1. The maximum Gasteiger partial charge on any atom is 0.343 e. The monoisotopic (exact) mass is 489 g/mol. The first kappa shape index (κ1) is 23.3. The standard InChI is InChI=1S/C27H27N3O4S/c1-19-9-11-20(12-10-19)27(31)34-24-14-13-22(17-21(24)18-30-15-5-2-6-16-30)28-26-23-7-3-4-8-25(23)35(32,33)29-26/h3-4,7-14,17H,2,5-6,15-16,18H2,1H3,(H,28,29). The van der Waals surface area contributed by atoms with E-state index < -0.39 is 16.0 Å². The Morgan fingerprint density at radius 3 is 2.51 bits per heavy atom. The van der Waals surface area contributed by atoms with Crippen molar-refractivity contribution in [1.82, 2.24) is 4.90 Å². The number of ether oxygens (including phenoxy) is 1. The van der Waals surface area contributed by atoms with Gasteiger partial charge in [0, 0.05) is 23.4 Å². The van der Waals surface area contributed by atoms with Crippen molar-refractivity contribution in [2.45, 2.75) is 37.6 Å². The summed E-state index contributed by atoms with van der Waals surface area (Å²) >= 11 is 0. The number of nitrogens with one attached hydrogen (secondary N) is 1. The Bertz CT molecular complexity index is 1390. The van der Waals surface area contributed by atoms with Gasteiger partial charge in [0.1, 0.15) is 10.6 Å². The second-order valence-corrected chi connectivity index (χ2v) is 10.5. The summed E-state index contributed by atoms with van der Waals surface area (Å²) < 4.78 is 34.6. The first-order valence-electron chi connectivity index (χ1n) is 11.7. The molecule has 3 aromatic rings. The molecule has 3 aromatic carbocycles. The van der Waals surface area contributed by atoms with E-state index in [0.717, 1.165) is 37.1 Å². The average molecular weight is 490 g/mol. The topological polar surface area (TPSA) is 88.1 Å². The normalized spacial score (nSPS) is 16.9. The lowest BCUT2D eigenvalue weighted by Crippen LogP contribution is -2.29. The highest BCUT2D eigenvalue weighted by Crippen LogP contribution is 2.30. The number of carbonyl (C=O) groups excluding carboxylic acids is 1. The highest BCUT2D eigenvalue weighted by atomic mass is 32.2. The van der Waals surface area contributed by atoms with Crippen LogP contribution in [-0.4, -0.2) is 38.2 Å². The van der Waals surface area contributed by atoms with Gasteiger partial charge in [0.15, 0.2) is 5.84 Å². The zero-order valence-electron chi connectivity index (χ0n) is 19.5. The smallest absolute Gasteiger partial charge is 0.343 e. The molecule has 1 saturated heterocycles. The van der Waals surface area contributed by atoms with E-state index in [1.807, 2.05) is 25.1 Å². The van der Waals surface area contributed by atoms with Crippen LogP contribution in [0, 0.1) is 6.92 Å². The molecule has 2 aliphatic heterocycles. The van der Waals surface area contributed by atoms with Gasteiger partial charge in [-0.05, 0) is 75.3 Å². The molecule has 0 aliphatic carbocycles. The number of hydrogen-bond acceptors (Lipinski definition) is 6. The second kappa shape index (κ2) is 9.64. The van der Waals surface area contributed by atoms with Gasteiger partial charge in [-0.3, -0.25) is 4.90 Å². The lowest BCUT2D eigenvalue weighted by atomic mass is 10.1. The van der Waals surface area contributed by atoms with Crippen LogP contribution in [-0.2, 0) is 16.6 Å². The summed E-state index contributed by atoms with van der Waals surface area (Å²) in [5, 5.41) is 3.16. The maximum atomic E-state index is 12.8. The Kier molecular flexibility index (Phi) is 6.40. The molecule has 1 N–H and O–H groups in total. The predicted molar refractivity (Wildman–Crippen MR) is 135 cm³/mol. The zero-order chi connectivity index (χ0) is 24.4. The molecular weight excluding hydrogens is 462 g/mol. The molecule has 180 valence electrons. The molecule has 0 saturated carbocycles. The zero-order valence-corrected chi connectivity index (χ0v) is 20.3. The van der Waals surface area contributed by atoms with Gasteiger partial charge < -0.3 is 10.1 Å². The van der Waals surface area contributed by atoms with E-state index in [1.165, 1.54) is 6.42 Å². The van der Waals surface area contributed by atoms with Gasteiger partial charge in [-0.1, -0.05) is 36.2 Å². The summed E-state index contributed by atoms with van der Waals surface area (Å²) in [7, 11) is -3.72. The highest BCUT2D eigenvalue weighted by Gasteiger charge is 2.28. The molecule has 0 bridgehead atoms. The summed E-state index contributed by atoms with van der Waals surface area (Å²) in [6.07, 6.45) is 3.50. The summed E-state index contributed by atoms with van der Waals surface area (Å²) in [4.78, 5) is 15.3. The number of nitrogens with zero attached hydrogens (tertiary/aromatic N) is 2. The number of likely N-dealkylation sites (tertiary alicyclic amines) is 1. The van der Waals surface area contributed by atoms with Gasteiger partial charge in [0.2, 0.25) is 0 Å². The van der Waals surface area contributed by atoms with Crippen LogP contribution in [0.15, 0.2) is 76.0 Å². The fraction of sp³-hybridized carbons (Fsp3) is 0.259. The minimum atomic E-state index is -3.72. The molecule has 0 atom stereocenters. The molecule has 0 spiro atoms. The van der Waals surface area contributed by atoms with Crippen molar-refractivity contribution in [3.63, 3.8) is 0 Å². The third kappa shape index (κ3) is 5.13. The Balaban J connectivity index is 1.43. The van der Waals surface area contributed by atoms with Crippen molar-refractivity contribution in [1.29, 1.82) is 0 Å². The molecular formula is C27H27N3O4S. The molecule has 35 heavy (non-hydrogen) atoms. The SMILES string of the molecule is Cc1ccc(C(=O)Oc2ccc(NC3=NS(=O)(=O)c4ccccc43)cc2CN2CCCCC2)cc1. The molecule has 5 rings (SSSR count). The van der Waals surface area contributed by atoms with Gasteiger partial charge in [0.25, 0.3) is 10.0 Å². The van der Waals surface area contributed by atoms with E-state index in [1.54, 1.807) is 48.5 Å². The highest BCUT2D eigenvalue weighted by molar-refractivity contribution is 7.90. The number of sulfonamides is 1. The van der Waals surface area contributed by atoms with E-state index in [0.29, 0.717) is 29.1 Å². The minimum Gasteiger partial charge on any atom is -0.423 e. The summed E-state index contributed by atoms with van der Waals surface area (Å²) in [5.41, 5.74) is 3.63. The number of aryl methyl sites for hydroxylation is 1. The van der Waals surface area contributed by atoms with Crippen LogP contribution >= 0.6 is 0 Å². The maximum absolute atomic E-state index is 12.8. The van der Waals surface area contributed by atoms with Gasteiger partial charge in [-0.15, -0.1) is 4.40 Å². The van der Waals surface area contributed by atoms with Crippen molar-refractivity contribution < 1.29 is 17.9 Å². The van der Waals surface area contributed by atoms with Crippen LogP contribution in [0.2, 0.25) is 0 Å². The van der Waals surface area contributed by atoms with Crippen molar-refractivity contribution >= 4 is 27.5 Å². The van der Waals surface area contributed by atoms with E-state index in [-0.39, 0.29) is 10.7 Å². The first-order chi connectivity index (χ1) is 16.9. The number of benzene rings is 3. The van der Waals surface area contributed by atoms with Crippen molar-refractivity contribution in [3.8, 4) is 5.75 Å². The fourth-order valence-corrected chi connectivity index (χ4v) is 5.60. The van der Waals surface area contributed by atoms with E-state index in [4.69, 9.17) is 4.74 Å². The van der Waals surface area contributed by atoms with Crippen molar-refractivity contribution in [2.75, 3.05) is 18.4 Å². The quantitative estimate of drug-likeness (QED) is 0.411. The van der Waals surface area contributed by atoms with Crippen LogP contribution in [0.5, 0.6) is 5.75 Å². The third-order valence-corrected chi connectivity index (χ3v) is 7.62. The fourth-order valence-electron chi connectivity index (χ4n) is 4.42. The van der Waals surface area contributed by atoms with Gasteiger partial charge in [-0.2, -0.15) is 8.42 Å². The lowest BCUT2D eigenvalue weighted by Gasteiger charge is -2.27. The summed E-state index contributed by atoms with van der Waals surface area (Å²) in [6, 6.07) is 19.5. The number of piperidine rings is 1. The average Bonchev–Trinajstić information content (AvgIpc) is 3.11. The number of carbonyl (C=O) groups is 1. The molecule has 7 nitrogen and oxygen atoms in total. The van der Waals surface area contributed by atoms with Gasteiger partial charge >= 0.3 is 5.97 Å². The third-order valence-electron chi connectivity index (χ3n) is 6.29. The van der Waals surface area contributed by atoms with Crippen LogP contribution in [0.4, 0.5) is 5.69 Å². The molecule has 0 radical (unpaired) electrons. The molecule has 0 amide bonds. The Hall–Kier alpha value is -3.49. The molecule has 2 heterocycles. The molecule has 0 unspecified atom stereocenters. The number of esters is 1. The van der Waals surface area contributed by atoms with Crippen LogP contribution in [0.25, 0.3) is 0 Å². The molecule has 1 fully saturated rings. The Labute approximate surface area is 205 Å². The molecule has 0 aromatic heterocycles. The Morgan fingerprint density at radius 1 is 1.00 bits per heavy atom. The first-order valence-corrected chi connectivity index (χ1v) is 13.2. The van der Waals surface area contributed by atoms with Gasteiger partial charge in [0.05, 0.1) is 5.56 Å². The minimum absolute atomic E-state index is 0.194. The summed E-state index contributed by atoms with van der Waals surface area (Å²) in [6.45, 7) is 4.58. The van der Waals surface area contributed by atoms with Crippen LogP contribution in [0.3, 0.4) is 0 Å². The molecule has 2 aliphatic rings.